The highest BCUT2D eigenvalue weighted by Gasteiger charge is 2.50. The second-order valence-corrected chi connectivity index (χ2v) is 18.5. The fraction of sp³-hybridized carbons (Fsp3) is 1.00. The van der Waals surface area contributed by atoms with Crippen LogP contribution in [-0.4, -0.2) is 36.0 Å². The zero-order chi connectivity index (χ0) is 11.8. The van der Waals surface area contributed by atoms with E-state index in [1.165, 1.54) is 5.75 Å². The summed E-state index contributed by atoms with van der Waals surface area (Å²) in [5, 5.41) is 0.861. The molecule has 0 saturated carbocycles. The minimum atomic E-state index is -1.84. The van der Waals surface area contributed by atoms with Crippen molar-refractivity contribution in [1.82, 2.24) is 0 Å². The molecule has 0 saturated heterocycles. The summed E-state index contributed by atoms with van der Waals surface area (Å²) in [4.78, 5) is 0. The van der Waals surface area contributed by atoms with E-state index in [9.17, 15) is 0 Å². The topological polar surface area (TPSA) is 0 Å². The van der Waals surface area contributed by atoms with E-state index in [0.29, 0.717) is 0 Å². The third-order valence-electron chi connectivity index (χ3n) is 3.92. The van der Waals surface area contributed by atoms with Crippen molar-refractivity contribution in [3.05, 3.63) is 0 Å². The van der Waals surface area contributed by atoms with Gasteiger partial charge in [0.25, 0.3) is 0 Å². The van der Waals surface area contributed by atoms with Crippen LogP contribution < -0.4 is 0 Å². The smallest absolute Gasteiger partial charge is 0.0180 e. The van der Waals surface area contributed by atoms with Crippen molar-refractivity contribution < 1.29 is 0 Å². The lowest BCUT2D eigenvalue weighted by Crippen LogP contribution is -2.49. The monoisotopic (exact) mass is 220 g/mol. The van der Waals surface area contributed by atoms with Crippen molar-refractivity contribution in [2.45, 2.75) is 39.9 Å². The van der Waals surface area contributed by atoms with Crippen molar-refractivity contribution in [3.8, 4) is 0 Å². The van der Waals surface area contributed by atoms with E-state index < -0.39 is 8.29 Å². The summed E-state index contributed by atoms with van der Waals surface area (Å²) in [5.74, 6) is 2.92. The summed E-state index contributed by atoms with van der Waals surface area (Å²) < 4.78 is 0. The maximum Gasteiger partial charge on any atom is -0.0180 e. The van der Waals surface area contributed by atoms with Gasteiger partial charge in [-0.05, 0) is 47.9 Å². The Morgan fingerprint density at radius 1 is 0.786 bits per heavy atom. The third-order valence-corrected chi connectivity index (χ3v) is 10.2. The van der Waals surface area contributed by atoms with Crippen LogP contribution in [0.2, 0.25) is 0 Å². The first kappa shape index (κ1) is 14.3. The van der Waals surface area contributed by atoms with E-state index in [-0.39, 0.29) is 0 Å². The van der Waals surface area contributed by atoms with E-state index in [1.54, 1.807) is 0 Å². The third kappa shape index (κ3) is 2.92. The van der Waals surface area contributed by atoms with Crippen molar-refractivity contribution in [3.63, 3.8) is 0 Å². The second kappa shape index (κ2) is 3.17. The van der Waals surface area contributed by atoms with Gasteiger partial charge in [-0.25, -0.2) is 0 Å². The molecule has 0 atom stereocenters. The van der Waals surface area contributed by atoms with Gasteiger partial charge in [0, 0.05) is 0 Å². The Morgan fingerprint density at radius 2 is 1.07 bits per heavy atom. The molecular weight excluding hydrogens is 188 g/mol. The largest absolute Gasteiger partial charge is 0.281 e. The molecule has 0 N–H and O–H groups in total. The number of rotatable bonds is 4. The molecule has 0 bridgehead atoms. The Morgan fingerprint density at radius 3 is 1.14 bits per heavy atom. The van der Waals surface area contributed by atoms with Crippen molar-refractivity contribution in [2.24, 2.45) is 11.8 Å². The molecule has 0 spiro atoms. The Balaban J connectivity index is 5.42. The lowest BCUT2D eigenvalue weighted by Gasteiger charge is -2.76. The SMILES string of the molecule is CCS(C)(C)(C)(C)C(C(C)C)C(C)C. The Kier molecular flexibility index (Phi) is 3.25. The molecule has 0 aromatic rings. The number of hydrogen-bond acceptors (Lipinski definition) is 0. The van der Waals surface area contributed by atoms with Crippen LogP contribution in [0.15, 0.2) is 0 Å². The minimum absolute atomic E-state index is 0.793. The van der Waals surface area contributed by atoms with Gasteiger partial charge < -0.3 is 0 Å². The Bertz CT molecular complexity index is 194. The average molecular weight is 220 g/mol. The highest BCUT2D eigenvalue weighted by molar-refractivity contribution is 8.63. The average Bonchev–Trinajstić information content (AvgIpc) is 1.81. The van der Waals surface area contributed by atoms with E-state index in [4.69, 9.17) is 0 Å². The second-order valence-electron chi connectivity index (χ2n) is 7.95. The standard InChI is InChI=1S/C13H32S/c1-10-14(6,7,8,9)13(11(2)3)12(4)5/h11-13H,10H2,1-9H3. The summed E-state index contributed by atoms with van der Waals surface area (Å²) in [7, 11) is -1.84. The molecular formula is C13H32S. The zero-order valence-electron chi connectivity index (χ0n) is 11.8. The highest BCUT2D eigenvalue weighted by atomic mass is 32.4. The van der Waals surface area contributed by atoms with E-state index in [1.807, 2.05) is 0 Å². The van der Waals surface area contributed by atoms with Crippen molar-refractivity contribution >= 4 is 8.29 Å². The predicted octanol–water partition coefficient (Wildman–Crippen LogP) is 4.08. The van der Waals surface area contributed by atoms with Gasteiger partial charge in [0.1, 0.15) is 0 Å². The summed E-state index contributed by atoms with van der Waals surface area (Å²) in [6.45, 7) is 11.9. The Hall–Kier alpha value is 0.350. The normalized spacial score (nSPS) is 18.9. The molecule has 0 rings (SSSR count). The van der Waals surface area contributed by atoms with Gasteiger partial charge in [-0.15, -0.1) is 0 Å². The molecule has 0 aromatic heterocycles. The van der Waals surface area contributed by atoms with Gasteiger partial charge in [0.05, 0.1) is 0 Å². The minimum Gasteiger partial charge on any atom is -0.281 e. The van der Waals surface area contributed by atoms with Crippen LogP contribution in [0.3, 0.4) is 0 Å². The molecule has 0 radical (unpaired) electrons. The molecule has 0 unspecified atom stereocenters. The van der Waals surface area contributed by atoms with Crippen LogP contribution in [0.1, 0.15) is 34.6 Å². The first-order valence-corrected chi connectivity index (χ1v) is 10.2. The Labute approximate surface area is 91.1 Å². The molecule has 14 heavy (non-hydrogen) atoms. The van der Waals surface area contributed by atoms with Crippen LogP contribution in [0.4, 0.5) is 0 Å². The molecule has 1 heteroatoms. The quantitative estimate of drug-likeness (QED) is 0.670. The highest BCUT2D eigenvalue weighted by Crippen LogP contribution is 2.83. The van der Waals surface area contributed by atoms with E-state index in [2.05, 4.69) is 59.6 Å². The fourth-order valence-electron chi connectivity index (χ4n) is 3.52. The molecule has 0 nitrogen and oxygen atoms in total. The summed E-state index contributed by atoms with van der Waals surface area (Å²) in [6, 6.07) is 0. The van der Waals surface area contributed by atoms with Gasteiger partial charge in [0.15, 0.2) is 0 Å². The fourth-order valence-corrected chi connectivity index (χ4v) is 9.03. The molecule has 0 fully saturated rings. The van der Waals surface area contributed by atoms with E-state index in [0.717, 1.165) is 17.1 Å². The van der Waals surface area contributed by atoms with Crippen LogP contribution in [0, 0.1) is 11.8 Å². The van der Waals surface area contributed by atoms with Crippen molar-refractivity contribution in [1.29, 1.82) is 0 Å². The van der Waals surface area contributed by atoms with Crippen LogP contribution in [0.25, 0.3) is 0 Å². The summed E-state index contributed by atoms with van der Waals surface area (Å²) >= 11 is 0. The molecule has 0 aromatic carbocycles. The maximum atomic E-state index is 2.56. The van der Waals surface area contributed by atoms with Gasteiger partial charge in [-0.1, -0.05) is 34.6 Å². The van der Waals surface area contributed by atoms with Crippen LogP contribution >= 0.6 is 8.29 Å². The lowest BCUT2D eigenvalue weighted by molar-refractivity contribution is 0.474. The van der Waals surface area contributed by atoms with Gasteiger partial charge in [-0.2, -0.15) is 0 Å². The lowest BCUT2D eigenvalue weighted by atomic mass is 10.00. The first-order chi connectivity index (χ1) is 5.84. The molecule has 0 aliphatic carbocycles. The number of hydrogen-bond donors (Lipinski definition) is 0. The van der Waals surface area contributed by atoms with Crippen LogP contribution in [0.5, 0.6) is 0 Å². The molecule has 0 amide bonds. The zero-order valence-corrected chi connectivity index (χ0v) is 12.7. The van der Waals surface area contributed by atoms with E-state index >= 15 is 0 Å². The van der Waals surface area contributed by atoms with Crippen LogP contribution in [-0.2, 0) is 0 Å². The van der Waals surface area contributed by atoms with Gasteiger partial charge >= 0.3 is 0 Å². The molecule has 0 heterocycles. The molecule has 90 valence electrons. The van der Waals surface area contributed by atoms with Gasteiger partial charge in [0.2, 0.25) is 0 Å². The first-order valence-electron chi connectivity index (χ1n) is 5.84. The summed E-state index contributed by atoms with van der Waals surface area (Å²) in [6.07, 6.45) is 10.2. The van der Waals surface area contributed by atoms with Crippen molar-refractivity contribution in [2.75, 3.05) is 30.8 Å². The maximum absolute atomic E-state index is 2.56. The molecule has 0 aliphatic heterocycles. The summed E-state index contributed by atoms with van der Waals surface area (Å²) in [5.41, 5.74) is 0. The molecule has 0 aliphatic rings. The van der Waals surface area contributed by atoms with Gasteiger partial charge in [-0.3, -0.25) is 8.29 Å². The predicted molar refractivity (Wildman–Crippen MR) is 75.3 cm³/mol.